The lowest BCUT2D eigenvalue weighted by molar-refractivity contribution is 0.607. The molecule has 0 atom stereocenters. The topological polar surface area (TPSA) is 52.0 Å². The van der Waals surface area contributed by atoms with Crippen molar-refractivity contribution in [3.05, 3.63) is 46.7 Å². The summed E-state index contributed by atoms with van der Waals surface area (Å²) in [6, 6.07) is 8.07. The number of rotatable bonds is 1. The highest BCUT2D eigenvalue weighted by atomic mass is 35.5. The Morgan fingerprint density at radius 3 is 2.79 bits per heavy atom. The van der Waals surface area contributed by atoms with Gasteiger partial charge in [-0.05, 0) is 30.7 Å². The summed E-state index contributed by atoms with van der Waals surface area (Å²) in [6.45, 7) is 1.70. The first-order valence-electron chi connectivity index (χ1n) is 5.66. The van der Waals surface area contributed by atoms with Gasteiger partial charge >= 0.3 is 0 Å². The molecule has 3 rings (SSSR count). The van der Waals surface area contributed by atoms with Crippen LogP contribution in [-0.2, 0) is 0 Å². The molecule has 1 aromatic heterocycles. The SMILES string of the molecule is Cc1ccc(-c2nc3cc(Cl)c(N)cc3o2)cc1F. The van der Waals surface area contributed by atoms with Crippen molar-refractivity contribution in [3.8, 4) is 11.5 Å². The number of nitrogen functional groups attached to an aromatic ring is 1. The number of benzene rings is 2. The number of oxazole rings is 1. The molecule has 0 aliphatic rings. The summed E-state index contributed by atoms with van der Waals surface area (Å²) in [5.41, 5.74) is 8.39. The smallest absolute Gasteiger partial charge is 0.227 e. The van der Waals surface area contributed by atoms with Crippen molar-refractivity contribution in [2.75, 3.05) is 5.73 Å². The second kappa shape index (κ2) is 4.24. The molecule has 2 N–H and O–H groups in total. The van der Waals surface area contributed by atoms with E-state index in [0.29, 0.717) is 38.8 Å². The van der Waals surface area contributed by atoms with Crippen LogP contribution >= 0.6 is 11.6 Å². The summed E-state index contributed by atoms with van der Waals surface area (Å²) < 4.78 is 19.1. The second-order valence-corrected chi connectivity index (χ2v) is 4.73. The van der Waals surface area contributed by atoms with Gasteiger partial charge < -0.3 is 10.2 Å². The van der Waals surface area contributed by atoms with Crippen LogP contribution < -0.4 is 5.73 Å². The van der Waals surface area contributed by atoms with E-state index in [-0.39, 0.29) is 5.82 Å². The molecule has 3 nitrogen and oxygen atoms in total. The number of aryl methyl sites for hydroxylation is 1. The minimum atomic E-state index is -0.294. The molecule has 5 heteroatoms. The van der Waals surface area contributed by atoms with Crippen molar-refractivity contribution in [2.24, 2.45) is 0 Å². The molecule has 2 aromatic carbocycles. The van der Waals surface area contributed by atoms with Gasteiger partial charge in [-0.15, -0.1) is 0 Å². The predicted octanol–water partition coefficient (Wildman–Crippen LogP) is 4.18. The summed E-state index contributed by atoms with van der Waals surface area (Å²) >= 11 is 5.92. The van der Waals surface area contributed by atoms with E-state index in [0.717, 1.165) is 0 Å². The van der Waals surface area contributed by atoms with Gasteiger partial charge in [-0.3, -0.25) is 0 Å². The number of fused-ring (bicyclic) bond motifs is 1. The Morgan fingerprint density at radius 2 is 2.05 bits per heavy atom. The largest absolute Gasteiger partial charge is 0.436 e. The van der Waals surface area contributed by atoms with Gasteiger partial charge in [0.15, 0.2) is 5.58 Å². The number of hydrogen-bond acceptors (Lipinski definition) is 3. The Bertz CT molecular complexity index is 743. The van der Waals surface area contributed by atoms with Gasteiger partial charge in [-0.25, -0.2) is 9.37 Å². The third-order valence-corrected chi connectivity index (χ3v) is 3.25. The number of hydrogen-bond donors (Lipinski definition) is 1. The van der Waals surface area contributed by atoms with Crippen LogP contribution in [0.15, 0.2) is 34.7 Å². The highest BCUT2D eigenvalue weighted by Crippen LogP contribution is 2.30. The molecule has 0 unspecified atom stereocenters. The van der Waals surface area contributed by atoms with Gasteiger partial charge in [0.25, 0.3) is 0 Å². The molecule has 0 saturated heterocycles. The van der Waals surface area contributed by atoms with Gasteiger partial charge in [-0.1, -0.05) is 17.7 Å². The molecule has 0 spiro atoms. The molecule has 0 aliphatic carbocycles. The summed E-state index contributed by atoms with van der Waals surface area (Å²) in [7, 11) is 0. The third-order valence-electron chi connectivity index (χ3n) is 2.93. The highest BCUT2D eigenvalue weighted by Gasteiger charge is 2.11. The Morgan fingerprint density at radius 1 is 1.26 bits per heavy atom. The number of anilines is 1. The van der Waals surface area contributed by atoms with Crippen LogP contribution in [0, 0.1) is 12.7 Å². The maximum atomic E-state index is 13.5. The van der Waals surface area contributed by atoms with Crippen LogP contribution in [0.25, 0.3) is 22.6 Å². The van der Waals surface area contributed by atoms with Crippen molar-refractivity contribution >= 4 is 28.4 Å². The van der Waals surface area contributed by atoms with Crippen molar-refractivity contribution in [3.63, 3.8) is 0 Å². The predicted molar refractivity (Wildman–Crippen MR) is 73.6 cm³/mol. The van der Waals surface area contributed by atoms with E-state index in [1.54, 1.807) is 31.2 Å². The number of halogens is 2. The van der Waals surface area contributed by atoms with E-state index in [2.05, 4.69) is 4.98 Å². The second-order valence-electron chi connectivity index (χ2n) is 4.32. The normalized spacial score (nSPS) is 11.1. The number of nitrogens with zero attached hydrogens (tertiary/aromatic N) is 1. The van der Waals surface area contributed by atoms with E-state index in [4.69, 9.17) is 21.8 Å². The monoisotopic (exact) mass is 276 g/mol. The van der Waals surface area contributed by atoms with Gasteiger partial charge in [0.05, 0.1) is 10.7 Å². The molecule has 0 aliphatic heterocycles. The standard InChI is InChI=1S/C14H10ClFN2O/c1-7-2-3-8(4-10(7)16)14-18-12-5-9(15)11(17)6-13(12)19-14/h2-6H,17H2,1H3. The number of nitrogens with two attached hydrogens (primary N) is 1. The fourth-order valence-electron chi connectivity index (χ4n) is 1.81. The van der Waals surface area contributed by atoms with E-state index >= 15 is 0 Å². The Balaban J connectivity index is 2.17. The quantitative estimate of drug-likeness (QED) is 0.678. The van der Waals surface area contributed by atoms with Gasteiger partial charge in [0, 0.05) is 11.6 Å². The van der Waals surface area contributed by atoms with Crippen LogP contribution in [-0.4, -0.2) is 4.98 Å². The zero-order valence-electron chi connectivity index (χ0n) is 10.1. The van der Waals surface area contributed by atoms with Crippen molar-refractivity contribution in [2.45, 2.75) is 6.92 Å². The zero-order valence-corrected chi connectivity index (χ0v) is 10.8. The maximum Gasteiger partial charge on any atom is 0.227 e. The molecule has 3 aromatic rings. The lowest BCUT2D eigenvalue weighted by Crippen LogP contribution is -1.85. The Labute approximate surface area is 113 Å². The van der Waals surface area contributed by atoms with E-state index in [1.807, 2.05) is 0 Å². The molecular weight excluding hydrogens is 267 g/mol. The maximum absolute atomic E-state index is 13.5. The van der Waals surface area contributed by atoms with Crippen LogP contribution in [0.3, 0.4) is 0 Å². The first kappa shape index (κ1) is 12.0. The van der Waals surface area contributed by atoms with Crippen LogP contribution in [0.2, 0.25) is 5.02 Å². The number of aromatic nitrogens is 1. The zero-order chi connectivity index (χ0) is 13.6. The summed E-state index contributed by atoms with van der Waals surface area (Å²) in [6.07, 6.45) is 0. The van der Waals surface area contributed by atoms with E-state index < -0.39 is 0 Å². The van der Waals surface area contributed by atoms with Gasteiger partial charge in [0.2, 0.25) is 5.89 Å². The molecule has 1 heterocycles. The van der Waals surface area contributed by atoms with E-state index in [9.17, 15) is 4.39 Å². The first-order valence-corrected chi connectivity index (χ1v) is 6.04. The highest BCUT2D eigenvalue weighted by molar-refractivity contribution is 6.33. The molecule has 0 bridgehead atoms. The fraction of sp³-hybridized carbons (Fsp3) is 0.0714. The van der Waals surface area contributed by atoms with Gasteiger partial charge in [-0.2, -0.15) is 0 Å². The van der Waals surface area contributed by atoms with Crippen LogP contribution in [0.5, 0.6) is 0 Å². The molecule has 96 valence electrons. The molecule has 19 heavy (non-hydrogen) atoms. The molecule has 0 fully saturated rings. The van der Waals surface area contributed by atoms with E-state index in [1.165, 1.54) is 6.07 Å². The Hall–Kier alpha value is -2.07. The summed E-state index contributed by atoms with van der Waals surface area (Å²) in [5, 5.41) is 0.419. The molecule has 0 radical (unpaired) electrons. The van der Waals surface area contributed by atoms with Crippen LogP contribution in [0.4, 0.5) is 10.1 Å². The third kappa shape index (κ3) is 2.04. The average Bonchev–Trinajstić information content (AvgIpc) is 2.76. The molecule has 0 amide bonds. The summed E-state index contributed by atoms with van der Waals surface area (Å²) in [4.78, 5) is 4.28. The lowest BCUT2D eigenvalue weighted by atomic mass is 10.1. The van der Waals surface area contributed by atoms with Crippen molar-refractivity contribution in [1.29, 1.82) is 0 Å². The minimum absolute atomic E-state index is 0.294. The average molecular weight is 277 g/mol. The van der Waals surface area contributed by atoms with Gasteiger partial charge in [0.1, 0.15) is 11.3 Å². The molecule has 0 saturated carbocycles. The Kier molecular flexibility index (Phi) is 2.68. The minimum Gasteiger partial charge on any atom is -0.436 e. The molecular formula is C14H10ClFN2O. The summed E-state index contributed by atoms with van der Waals surface area (Å²) in [5.74, 6) is 0.0490. The van der Waals surface area contributed by atoms with Crippen molar-refractivity contribution in [1.82, 2.24) is 4.98 Å². The van der Waals surface area contributed by atoms with Crippen LogP contribution in [0.1, 0.15) is 5.56 Å². The fourth-order valence-corrected chi connectivity index (χ4v) is 1.97. The van der Waals surface area contributed by atoms with Crippen molar-refractivity contribution < 1.29 is 8.81 Å². The lowest BCUT2D eigenvalue weighted by Gasteiger charge is -1.98. The first-order chi connectivity index (χ1) is 9.04.